The molecule has 0 aromatic rings. The SMILES string of the molecule is CC(=O)NC1C(O)[C@@H]2OC(C)(C)OCC2O[C@@H]1[N+](=O)[O-]. The third kappa shape index (κ3) is 2.90. The Morgan fingerprint density at radius 3 is 2.70 bits per heavy atom. The van der Waals surface area contributed by atoms with E-state index in [9.17, 15) is 20.0 Å². The van der Waals surface area contributed by atoms with Crippen molar-refractivity contribution in [2.45, 2.75) is 57.1 Å². The van der Waals surface area contributed by atoms with Gasteiger partial charge in [0.1, 0.15) is 18.3 Å². The molecular formula is C11H18N2O7. The second-order valence-electron chi connectivity index (χ2n) is 5.36. The van der Waals surface area contributed by atoms with Crippen LogP contribution in [0.15, 0.2) is 0 Å². The Kier molecular flexibility index (Phi) is 3.96. The largest absolute Gasteiger partial charge is 0.388 e. The van der Waals surface area contributed by atoms with E-state index < -0.39 is 47.2 Å². The number of amides is 1. The number of carbonyl (C=O) groups is 1. The van der Waals surface area contributed by atoms with Crippen LogP contribution in [0.1, 0.15) is 20.8 Å². The lowest BCUT2D eigenvalue weighted by Gasteiger charge is -2.47. The number of carbonyl (C=O) groups excluding carboxylic acids is 1. The number of hydrogen-bond donors (Lipinski definition) is 2. The molecule has 2 aliphatic heterocycles. The maximum Gasteiger partial charge on any atom is 0.338 e. The first kappa shape index (κ1) is 15.1. The number of nitrogens with one attached hydrogen (secondary N) is 1. The minimum absolute atomic E-state index is 0.0753. The van der Waals surface area contributed by atoms with E-state index in [4.69, 9.17) is 14.2 Å². The molecule has 0 aromatic heterocycles. The number of hydrogen-bond acceptors (Lipinski definition) is 7. The highest BCUT2D eigenvalue weighted by atomic mass is 16.7. The molecule has 5 atom stereocenters. The van der Waals surface area contributed by atoms with Gasteiger partial charge in [-0.1, -0.05) is 0 Å². The average Bonchev–Trinajstić information content (AvgIpc) is 2.31. The zero-order valence-electron chi connectivity index (χ0n) is 11.4. The molecule has 9 nitrogen and oxygen atoms in total. The molecule has 2 saturated heterocycles. The minimum atomic E-state index is -1.54. The summed E-state index contributed by atoms with van der Waals surface area (Å²) in [6, 6.07) is -1.17. The quantitative estimate of drug-likeness (QED) is 0.494. The number of aliphatic hydroxyl groups excluding tert-OH is 1. The molecule has 1 amide bonds. The fourth-order valence-corrected chi connectivity index (χ4v) is 2.43. The highest BCUT2D eigenvalue weighted by molar-refractivity contribution is 5.73. The number of nitro groups is 1. The van der Waals surface area contributed by atoms with Crippen molar-refractivity contribution in [3.8, 4) is 0 Å². The highest BCUT2D eigenvalue weighted by Crippen LogP contribution is 2.32. The Morgan fingerprint density at radius 2 is 2.15 bits per heavy atom. The van der Waals surface area contributed by atoms with Gasteiger partial charge in [-0.15, -0.1) is 0 Å². The summed E-state index contributed by atoms with van der Waals surface area (Å²) in [7, 11) is 0. The molecule has 114 valence electrons. The number of ether oxygens (including phenoxy) is 3. The standard InChI is InChI=1S/C11H18N2O7/c1-5(14)12-7-8(15)9-6(19-10(7)13(16)17)4-18-11(2,3)20-9/h6-10,15H,4H2,1-3H3,(H,12,14)/t6?,7?,8?,9-,10+/m1/s1. The fraction of sp³-hybridized carbons (Fsp3) is 0.909. The van der Waals surface area contributed by atoms with Gasteiger partial charge in [0.15, 0.2) is 11.8 Å². The molecule has 0 spiro atoms. The van der Waals surface area contributed by atoms with Crippen LogP contribution >= 0.6 is 0 Å². The van der Waals surface area contributed by atoms with Crippen LogP contribution in [0.3, 0.4) is 0 Å². The van der Waals surface area contributed by atoms with Gasteiger partial charge in [0.05, 0.1) is 11.5 Å². The molecule has 2 aliphatic rings. The molecule has 0 bridgehead atoms. The molecule has 0 saturated carbocycles. The Balaban J connectivity index is 2.22. The van der Waals surface area contributed by atoms with Crippen molar-refractivity contribution < 1.29 is 29.0 Å². The van der Waals surface area contributed by atoms with Crippen molar-refractivity contribution in [3.63, 3.8) is 0 Å². The molecule has 20 heavy (non-hydrogen) atoms. The van der Waals surface area contributed by atoms with Crippen molar-refractivity contribution in [1.29, 1.82) is 0 Å². The van der Waals surface area contributed by atoms with Crippen molar-refractivity contribution in [2.75, 3.05) is 6.61 Å². The Bertz CT molecular complexity index is 414. The number of rotatable bonds is 2. The monoisotopic (exact) mass is 290 g/mol. The van der Waals surface area contributed by atoms with Gasteiger partial charge < -0.3 is 24.6 Å². The molecule has 0 aliphatic carbocycles. The van der Waals surface area contributed by atoms with E-state index in [1.165, 1.54) is 6.92 Å². The first-order valence-electron chi connectivity index (χ1n) is 6.27. The second kappa shape index (κ2) is 5.24. The van der Waals surface area contributed by atoms with Crippen molar-refractivity contribution >= 4 is 5.91 Å². The predicted octanol–water partition coefficient (Wildman–Crippen LogP) is -0.995. The summed E-state index contributed by atoms with van der Waals surface area (Å²) in [5.74, 6) is -1.41. The van der Waals surface area contributed by atoms with Gasteiger partial charge in [-0.2, -0.15) is 0 Å². The third-order valence-corrected chi connectivity index (χ3v) is 3.29. The average molecular weight is 290 g/mol. The van der Waals surface area contributed by atoms with Crippen molar-refractivity contribution in [2.24, 2.45) is 0 Å². The van der Waals surface area contributed by atoms with Crippen LogP contribution in [0.4, 0.5) is 0 Å². The molecule has 2 rings (SSSR count). The van der Waals surface area contributed by atoms with Gasteiger partial charge >= 0.3 is 6.23 Å². The van der Waals surface area contributed by atoms with Gasteiger partial charge in [0.25, 0.3) is 0 Å². The Hall–Kier alpha value is -1.29. The second-order valence-corrected chi connectivity index (χ2v) is 5.36. The van der Waals surface area contributed by atoms with Crippen LogP contribution in [-0.4, -0.2) is 58.9 Å². The van der Waals surface area contributed by atoms with Crippen molar-refractivity contribution in [3.05, 3.63) is 10.1 Å². The maximum atomic E-state index is 11.1. The van der Waals surface area contributed by atoms with Crippen LogP contribution in [0.25, 0.3) is 0 Å². The van der Waals surface area contributed by atoms with E-state index in [0.29, 0.717) is 0 Å². The summed E-state index contributed by atoms with van der Waals surface area (Å²) in [4.78, 5) is 21.5. The molecular weight excluding hydrogens is 272 g/mol. The number of fused-ring (bicyclic) bond motifs is 1. The summed E-state index contributed by atoms with van der Waals surface area (Å²) >= 11 is 0. The van der Waals surface area contributed by atoms with E-state index in [-0.39, 0.29) is 6.61 Å². The summed E-state index contributed by atoms with van der Waals surface area (Å²) < 4.78 is 16.2. The van der Waals surface area contributed by atoms with Crippen LogP contribution < -0.4 is 5.32 Å². The first-order chi connectivity index (χ1) is 9.21. The van der Waals surface area contributed by atoms with Gasteiger partial charge in [0, 0.05) is 6.92 Å². The molecule has 2 heterocycles. The van der Waals surface area contributed by atoms with Gasteiger partial charge in [-0.3, -0.25) is 14.9 Å². The van der Waals surface area contributed by atoms with Crippen molar-refractivity contribution in [1.82, 2.24) is 5.32 Å². The Morgan fingerprint density at radius 1 is 1.50 bits per heavy atom. The summed E-state index contributed by atoms with van der Waals surface area (Å²) in [5, 5.41) is 23.7. The van der Waals surface area contributed by atoms with E-state index in [1.54, 1.807) is 13.8 Å². The van der Waals surface area contributed by atoms with E-state index in [1.807, 2.05) is 0 Å². The number of aliphatic hydroxyl groups is 1. The number of nitrogens with zero attached hydrogens (tertiary/aromatic N) is 1. The molecule has 9 heteroatoms. The van der Waals surface area contributed by atoms with E-state index >= 15 is 0 Å². The summed E-state index contributed by atoms with van der Waals surface area (Å²) in [5.41, 5.74) is 0. The van der Waals surface area contributed by atoms with E-state index in [2.05, 4.69) is 5.32 Å². The molecule has 0 aromatic carbocycles. The van der Waals surface area contributed by atoms with E-state index in [0.717, 1.165) is 0 Å². The van der Waals surface area contributed by atoms with Gasteiger partial charge in [-0.25, -0.2) is 0 Å². The van der Waals surface area contributed by atoms with Gasteiger partial charge in [-0.05, 0) is 13.8 Å². The van der Waals surface area contributed by atoms with Crippen LogP contribution in [0.5, 0.6) is 0 Å². The Labute approximate surface area is 115 Å². The lowest BCUT2D eigenvalue weighted by atomic mass is 9.94. The topological polar surface area (TPSA) is 120 Å². The lowest BCUT2D eigenvalue weighted by Crippen LogP contribution is -2.69. The molecule has 2 N–H and O–H groups in total. The molecule has 3 unspecified atom stereocenters. The predicted molar refractivity (Wildman–Crippen MR) is 64.2 cm³/mol. The molecule has 0 radical (unpaired) electrons. The zero-order chi connectivity index (χ0) is 15.1. The molecule has 2 fully saturated rings. The third-order valence-electron chi connectivity index (χ3n) is 3.29. The van der Waals surface area contributed by atoms with Crippen LogP contribution in [-0.2, 0) is 19.0 Å². The van der Waals surface area contributed by atoms with Gasteiger partial charge in [0.2, 0.25) is 5.91 Å². The minimum Gasteiger partial charge on any atom is -0.388 e. The zero-order valence-corrected chi connectivity index (χ0v) is 11.4. The highest BCUT2D eigenvalue weighted by Gasteiger charge is 2.55. The van der Waals surface area contributed by atoms with Crippen LogP contribution in [0, 0.1) is 10.1 Å². The normalized spacial score (nSPS) is 39.7. The summed E-state index contributed by atoms with van der Waals surface area (Å²) in [6.45, 7) is 4.63. The first-order valence-corrected chi connectivity index (χ1v) is 6.27. The summed E-state index contributed by atoms with van der Waals surface area (Å²) in [6.07, 6.45) is -4.34. The fourth-order valence-electron chi connectivity index (χ4n) is 2.43. The smallest absolute Gasteiger partial charge is 0.338 e. The lowest BCUT2D eigenvalue weighted by molar-refractivity contribution is -0.599. The maximum absolute atomic E-state index is 11.1. The van der Waals surface area contributed by atoms with Crippen LogP contribution in [0.2, 0.25) is 0 Å².